The molecule has 0 spiro atoms. The summed E-state index contributed by atoms with van der Waals surface area (Å²) in [6.45, 7) is -0.162. The Morgan fingerprint density at radius 3 is 2.45 bits per heavy atom. The monoisotopic (exact) mass is 584 g/mol. The number of nitrogens with zero attached hydrogens (tertiary/aromatic N) is 2. The molecule has 11 heteroatoms. The summed E-state index contributed by atoms with van der Waals surface area (Å²) in [6.07, 6.45) is -3.78. The minimum Gasteiger partial charge on any atom is -0.492 e. The van der Waals surface area contributed by atoms with Crippen LogP contribution in [0.1, 0.15) is 28.8 Å². The van der Waals surface area contributed by atoms with Gasteiger partial charge in [-0.25, -0.2) is 9.18 Å². The Hall–Kier alpha value is -4.54. The Morgan fingerprint density at radius 2 is 1.76 bits per heavy atom. The molecule has 0 aliphatic heterocycles. The molecule has 1 aliphatic carbocycles. The van der Waals surface area contributed by atoms with E-state index >= 15 is 0 Å². The number of aromatic nitrogens is 1. The minimum atomic E-state index is -4.46. The van der Waals surface area contributed by atoms with Crippen LogP contribution in [0.4, 0.5) is 22.4 Å². The van der Waals surface area contributed by atoms with E-state index < -0.39 is 29.6 Å². The lowest BCUT2D eigenvalue weighted by molar-refractivity contribution is -0.138. The molecule has 1 N–H and O–H groups in total. The van der Waals surface area contributed by atoms with Gasteiger partial charge < -0.3 is 24.0 Å². The third-order valence-electron chi connectivity index (χ3n) is 7.36. The van der Waals surface area contributed by atoms with E-state index in [0.29, 0.717) is 30.2 Å². The first-order chi connectivity index (χ1) is 20.1. The Morgan fingerprint density at radius 1 is 1.02 bits per heavy atom. The number of halogens is 4. The number of fused-ring (bicyclic) bond motifs is 3. The smallest absolute Gasteiger partial charge is 0.416 e. The number of rotatable bonds is 9. The summed E-state index contributed by atoms with van der Waals surface area (Å²) in [5, 5.41) is 10.1. The molecular formula is C31H28F4N2O5. The molecule has 0 saturated heterocycles. The predicted octanol–water partition coefficient (Wildman–Crippen LogP) is 6.46. The Bertz CT molecular complexity index is 1570. The normalized spacial score (nSPS) is 14.8. The topological polar surface area (TPSA) is 81.0 Å². The van der Waals surface area contributed by atoms with Crippen molar-refractivity contribution in [3.63, 3.8) is 0 Å². The molecule has 0 radical (unpaired) electrons. The van der Waals surface area contributed by atoms with Crippen molar-refractivity contribution in [1.29, 1.82) is 0 Å². The van der Waals surface area contributed by atoms with E-state index in [0.717, 1.165) is 29.0 Å². The summed E-state index contributed by atoms with van der Waals surface area (Å²) in [6, 6.07) is 17.3. The maximum absolute atomic E-state index is 14.3. The van der Waals surface area contributed by atoms with Gasteiger partial charge in [-0.15, -0.1) is 0 Å². The molecule has 1 atom stereocenters. The van der Waals surface area contributed by atoms with Gasteiger partial charge in [0.1, 0.15) is 31.3 Å². The number of ether oxygens (including phenoxy) is 2. The predicted molar refractivity (Wildman–Crippen MR) is 146 cm³/mol. The lowest BCUT2D eigenvalue weighted by atomic mass is 9.90. The first kappa shape index (κ1) is 29.0. The van der Waals surface area contributed by atoms with Crippen LogP contribution in [0.3, 0.4) is 0 Å². The summed E-state index contributed by atoms with van der Waals surface area (Å²) >= 11 is 0. The molecule has 0 bridgehead atoms. The third-order valence-corrected chi connectivity index (χ3v) is 7.36. The molecule has 1 aromatic heterocycles. The molecule has 42 heavy (non-hydrogen) atoms. The fourth-order valence-corrected chi connectivity index (χ4v) is 5.41. The summed E-state index contributed by atoms with van der Waals surface area (Å²) in [5.74, 6) is -1.25. The van der Waals surface area contributed by atoms with E-state index in [9.17, 15) is 32.3 Å². The molecule has 220 valence electrons. The molecule has 0 fully saturated rings. The molecular weight excluding hydrogens is 556 g/mol. The van der Waals surface area contributed by atoms with Gasteiger partial charge in [-0.1, -0.05) is 30.3 Å². The van der Waals surface area contributed by atoms with Crippen molar-refractivity contribution in [2.75, 3.05) is 13.2 Å². The van der Waals surface area contributed by atoms with E-state index in [2.05, 4.69) is 0 Å². The number of alkyl halides is 3. The summed E-state index contributed by atoms with van der Waals surface area (Å²) in [4.78, 5) is 26.5. The Kier molecular flexibility index (Phi) is 8.37. The molecule has 1 heterocycles. The largest absolute Gasteiger partial charge is 0.492 e. The van der Waals surface area contributed by atoms with Gasteiger partial charge in [0.25, 0.3) is 0 Å². The molecule has 1 amide bonds. The van der Waals surface area contributed by atoms with Gasteiger partial charge in [0.2, 0.25) is 0 Å². The Labute approximate surface area is 238 Å². The van der Waals surface area contributed by atoms with E-state index in [1.807, 2.05) is 30.3 Å². The fraction of sp³-hybridized carbons (Fsp3) is 0.290. The molecule has 5 rings (SSSR count). The second kappa shape index (κ2) is 12.1. The zero-order valence-corrected chi connectivity index (χ0v) is 22.4. The number of amides is 1. The summed E-state index contributed by atoms with van der Waals surface area (Å²) in [7, 11) is 0. The van der Waals surface area contributed by atoms with Gasteiger partial charge in [0.05, 0.1) is 12.1 Å². The fourth-order valence-electron chi connectivity index (χ4n) is 5.41. The van der Waals surface area contributed by atoms with Crippen molar-refractivity contribution < 1.29 is 41.7 Å². The Balaban J connectivity index is 1.37. The zero-order chi connectivity index (χ0) is 29.9. The highest BCUT2D eigenvalue weighted by molar-refractivity contribution is 5.87. The van der Waals surface area contributed by atoms with Crippen molar-refractivity contribution in [3.8, 4) is 5.75 Å². The van der Waals surface area contributed by atoms with E-state index in [-0.39, 0.29) is 38.1 Å². The van der Waals surface area contributed by atoms with E-state index in [1.165, 1.54) is 29.2 Å². The van der Waals surface area contributed by atoms with Crippen LogP contribution in [0.5, 0.6) is 5.75 Å². The van der Waals surface area contributed by atoms with Gasteiger partial charge in [-0.3, -0.25) is 4.79 Å². The number of hydrogen-bond donors (Lipinski definition) is 1. The van der Waals surface area contributed by atoms with Crippen LogP contribution in [-0.4, -0.2) is 45.8 Å². The van der Waals surface area contributed by atoms with Crippen molar-refractivity contribution in [2.45, 2.75) is 44.6 Å². The van der Waals surface area contributed by atoms with Crippen LogP contribution in [-0.2, 0) is 41.7 Å². The SMILES string of the molecule is O=C(O)Cn1c2c(c3cc(F)ccc31)CC(N(CCOc1ccc(C(F)(F)F)cc1)C(=O)OCc1ccccc1)CC2. The number of aliphatic carboxylic acids is 1. The van der Waals surface area contributed by atoms with Gasteiger partial charge >= 0.3 is 18.2 Å². The van der Waals surface area contributed by atoms with Crippen molar-refractivity contribution in [2.24, 2.45) is 0 Å². The number of carbonyl (C=O) groups excluding carboxylic acids is 1. The number of hydrogen-bond acceptors (Lipinski definition) is 4. The summed E-state index contributed by atoms with van der Waals surface area (Å²) in [5.41, 5.74) is 2.16. The maximum Gasteiger partial charge on any atom is 0.416 e. The molecule has 3 aromatic carbocycles. The third kappa shape index (κ3) is 6.50. The second-order valence-corrected chi connectivity index (χ2v) is 10.1. The molecule has 7 nitrogen and oxygen atoms in total. The highest BCUT2D eigenvalue weighted by Crippen LogP contribution is 2.35. The highest BCUT2D eigenvalue weighted by Gasteiger charge is 2.33. The van der Waals surface area contributed by atoms with Crippen LogP contribution < -0.4 is 4.74 Å². The molecule has 4 aromatic rings. The molecule has 1 unspecified atom stereocenters. The highest BCUT2D eigenvalue weighted by atomic mass is 19.4. The average Bonchev–Trinajstić information content (AvgIpc) is 3.25. The van der Waals surface area contributed by atoms with Crippen molar-refractivity contribution in [1.82, 2.24) is 9.47 Å². The quantitative estimate of drug-likeness (QED) is 0.229. The first-order valence-corrected chi connectivity index (χ1v) is 13.4. The van der Waals surface area contributed by atoms with Crippen molar-refractivity contribution in [3.05, 3.63) is 101 Å². The van der Waals surface area contributed by atoms with Gasteiger partial charge in [0, 0.05) is 22.6 Å². The molecule has 0 saturated carbocycles. The van der Waals surface area contributed by atoms with Gasteiger partial charge in [-0.05, 0) is 72.9 Å². The van der Waals surface area contributed by atoms with E-state index in [1.54, 1.807) is 10.6 Å². The van der Waals surface area contributed by atoms with Crippen LogP contribution in [0.25, 0.3) is 10.9 Å². The maximum atomic E-state index is 14.3. The number of benzene rings is 3. The standard InChI is InChI=1S/C31H28F4N2O5/c32-22-8-12-27-25(16-22)26-17-23(9-13-28(26)37(27)18-29(38)39)36(30(40)42-19-20-4-2-1-3-5-20)14-15-41-24-10-6-21(7-11-24)31(33,34)35/h1-8,10-12,16,23H,9,13-15,17-19H2,(H,38,39). The second-order valence-electron chi connectivity index (χ2n) is 10.1. The lowest BCUT2D eigenvalue weighted by Crippen LogP contribution is -2.45. The van der Waals surface area contributed by atoms with Gasteiger partial charge in [0.15, 0.2) is 0 Å². The summed E-state index contributed by atoms with van der Waals surface area (Å²) < 4.78 is 65.9. The molecule has 1 aliphatic rings. The van der Waals surface area contributed by atoms with Crippen LogP contribution in [0.2, 0.25) is 0 Å². The lowest BCUT2D eigenvalue weighted by Gasteiger charge is -2.34. The van der Waals surface area contributed by atoms with Crippen LogP contribution >= 0.6 is 0 Å². The zero-order valence-electron chi connectivity index (χ0n) is 22.4. The average molecular weight is 585 g/mol. The first-order valence-electron chi connectivity index (χ1n) is 13.4. The minimum absolute atomic E-state index is 0.00936. The van der Waals surface area contributed by atoms with Gasteiger partial charge in [-0.2, -0.15) is 13.2 Å². The number of carboxylic acid groups (broad SMARTS) is 1. The van der Waals surface area contributed by atoms with E-state index in [4.69, 9.17) is 9.47 Å². The van der Waals surface area contributed by atoms with Crippen molar-refractivity contribution >= 4 is 23.0 Å². The van der Waals surface area contributed by atoms with Crippen LogP contribution in [0.15, 0.2) is 72.8 Å². The number of carbonyl (C=O) groups is 2. The number of carboxylic acids is 1. The van der Waals surface area contributed by atoms with Crippen LogP contribution in [0, 0.1) is 5.82 Å².